The van der Waals surface area contributed by atoms with Crippen LogP contribution in [0.15, 0.2) is 48.5 Å². The van der Waals surface area contributed by atoms with Gasteiger partial charge < -0.3 is 9.64 Å². The maximum Gasteiger partial charge on any atom is 0.314 e. The van der Waals surface area contributed by atoms with Gasteiger partial charge in [0.05, 0.1) is 12.5 Å². The number of nitrogens with zero attached hydrogens (tertiary/aromatic N) is 1. The normalized spacial score (nSPS) is 17.0. The fourth-order valence-corrected chi connectivity index (χ4v) is 3.25. The first kappa shape index (κ1) is 18.2. The summed E-state index contributed by atoms with van der Waals surface area (Å²) in [5.41, 5.74) is 3.21. The molecule has 1 atom stereocenters. The molecule has 0 fully saturated rings. The number of hydrogen-bond donors (Lipinski definition) is 0. The Morgan fingerprint density at radius 3 is 2.50 bits per heavy atom. The van der Waals surface area contributed by atoms with E-state index in [9.17, 15) is 9.59 Å². The summed E-state index contributed by atoms with van der Waals surface area (Å²) in [4.78, 5) is 27.3. The number of ether oxygens (including phenoxy) is 1. The zero-order chi connectivity index (χ0) is 18.9. The van der Waals surface area contributed by atoms with Crippen LogP contribution in [0.5, 0.6) is 0 Å². The summed E-state index contributed by atoms with van der Waals surface area (Å²) in [6.07, 6.45) is 0.137. The molecule has 4 heteroatoms. The molecule has 1 heterocycles. The van der Waals surface area contributed by atoms with Crippen molar-refractivity contribution in [1.82, 2.24) is 0 Å². The largest absolute Gasteiger partial charge is 0.459 e. The molecular formula is C22H25NO3. The second-order valence-corrected chi connectivity index (χ2v) is 7.82. The van der Waals surface area contributed by atoms with Crippen molar-refractivity contribution in [2.75, 3.05) is 4.90 Å². The number of amides is 1. The molecule has 0 aromatic heterocycles. The molecule has 0 aliphatic carbocycles. The molecule has 0 unspecified atom stereocenters. The zero-order valence-corrected chi connectivity index (χ0v) is 15.8. The van der Waals surface area contributed by atoms with Crippen molar-refractivity contribution in [3.63, 3.8) is 0 Å². The zero-order valence-electron chi connectivity index (χ0n) is 15.8. The van der Waals surface area contributed by atoms with Crippen LogP contribution in [-0.4, -0.2) is 17.5 Å². The molecule has 0 saturated carbocycles. The summed E-state index contributed by atoms with van der Waals surface area (Å²) in [5, 5.41) is 0. The molecule has 4 nitrogen and oxygen atoms in total. The fourth-order valence-electron chi connectivity index (χ4n) is 3.25. The van der Waals surface area contributed by atoms with Crippen molar-refractivity contribution < 1.29 is 14.3 Å². The number of esters is 1. The number of anilines is 1. The Morgan fingerprint density at radius 2 is 1.85 bits per heavy atom. The number of rotatable bonds is 3. The molecule has 3 rings (SSSR count). The van der Waals surface area contributed by atoms with E-state index in [1.54, 1.807) is 4.90 Å². The van der Waals surface area contributed by atoms with E-state index in [0.29, 0.717) is 6.54 Å². The first-order valence-corrected chi connectivity index (χ1v) is 8.92. The molecule has 1 amide bonds. The summed E-state index contributed by atoms with van der Waals surface area (Å²) < 4.78 is 5.57. The summed E-state index contributed by atoms with van der Waals surface area (Å²) in [5.74, 6) is -0.943. The van der Waals surface area contributed by atoms with E-state index in [1.807, 2.05) is 76.2 Å². The Labute approximate surface area is 154 Å². The minimum atomic E-state index is -0.578. The number of hydrogen-bond acceptors (Lipinski definition) is 3. The minimum absolute atomic E-state index is 0.0546. The van der Waals surface area contributed by atoms with Crippen LogP contribution in [0.2, 0.25) is 0 Å². The lowest BCUT2D eigenvalue weighted by Gasteiger charge is -2.34. The smallest absolute Gasteiger partial charge is 0.314 e. The van der Waals surface area contributed by atoms with Crippen LogP contribution in [0.3, 0.4) is 0 Å². The molecule has 26 heavy (non-hydrogen) atoms. The molecule has 1 aliphatic rings. The van der Waals surface area contributed by atoms with Gasteiger partial charge in [0.15, 0.2) is 0 Å². The fraction of sp³-hybridized carbons (Fsp3) is 0.364. The van der Waals surface area contributed by atoms with Gasteiger partial charge in [-0.25, -0.2) is 0 Å². The van der Waals surface area contributed by atoms with E-state index in [2.05, 4.69) is 0 Å². The van der Waals surface area contributed by atoms with Gasteiger partial charge in [-0.3, -0.25) is 9.59 Å². The third-order valence-electron chi connectivity index (χ3n) is 4.40. The van der Waals surface area contributed by atoms with E-state index in [0.717, 1.165) is 22.4 Å². The Bertz CT molecular complexity index is 821. The average Bonchev–Trinajstić information content (AvgIpc) is 2.56. The van der Waals surface area contributed by atoms with Crippen molar-refractivity contribution in [1.29, 1.82) is 0 Å². The lowest BCUT2D eigenvalue weighted by atomic mass is 9.88. The molecule has 2 aromatic carbocycles. The standard InChI is InChI=1S/C22H25NO3/c1-15-10-11-19-17(12-15)18(21(25)26-22(2,3)4)13-20(24)23(19)14-16-8-6-5-7-9-16/h5-12,18H,13-14H2,1-4H3/t18-/m0/s1. The van der Waals surface area contributed by atoms with Gasteiger partial charge in [0.1, 0.15) is 5.60 Å². The second-order valence-electron chi connectivity index (χ2n) is 7.82. The Hall–Kier alpha value is -2.62. The topological polar surface area (TPSA) is 46.6 Å². The van der Waals surface area contributed by atoms with Crippen LogP contribution in [-0.2, 0) is 20.9 Å². The SMILES string of the molecule is Cc1ccc2c(c1)[C@@H](C(=O)OC(C)(C)C)CC(=O)N2Cc1ccccc1. The van der Waals surface area contributed by atoms with Crippen molar-refractivity contribution in [2.45, 2.75) is 52.2 Å². The third-order valence-corrected chi connectivity index (χ3v) is 4.40. The molecule has 136 valence electrons. The molecule has 0 saturated heterocycles. The van der Waals surface area contributed by atoms with Gasteiger partial charge in [0.2, 0.25) is 5.91 Å². The highest BCUT2D eigenvalue weighted by atomic mass is 16.6. The van der Waals surface area contributed by atoms with E-state index >= 15 is 0 Å². The van der Waals surface area contributed by atoms with Crippen LogP contribution < -0.4 is 4.90 Å². The van der Waals surface area contributed by atoms with Gasteiger partial charge >= 0.3 is 5.97 Å². The van der Waals surface area contributed by atoms with Crippen LogP contribution in [0, 0.1) is 6.92 Å². The number of aryl methyl sites for hydroxylation is 1. The van der Waals surface area contributed by atoms with Crippen LogP contribution >= 0.6 is 0 Å². The van der Waals surface area contributed by atoms with Gasteiger partial charge in [0, 0.05) is 12.1 Å². The maximum atomic E-state index is 12.8. The highest BCUT2D eigenvalue weighted by molar-refractivity contribution is 6.01. The van der Waals surface area contributed by atoms with Gasteiger partial charge in [-0.1, -0.05) is 48.0 Å². The van der Waals surface area contributed by atoms with Crippen molar-refractivity contribution in [3.05, 3.63) is 65.2 Å². The first-order valence-electron chi connectivity index (χ1n) is 8.92. The van der Waals surface area contributed by atoms with Crippen LogP contribution in [0.25, 0.3) is 0 Å². The lowest BCUT2D eigenvalue weighted by Crippen LogP contribution is -2.39. The van der Waals surface area contributed by atoms with Gasteiger partial charge in [-0.05, 0) is 44.9 Å². The number of carbonyl (C=O) groups is 2. The average molecular weight is 351 g/mol. The molecule has 1 aliphatic heterocycles. The van der Waals surface area contributed by atoms with E-state index < -0.39 is 11.5 Å². The predicted molar refractivity (Wildman–Crippen MR) is 102 cm³/mol. The van der Waals surface area contributed by atoms with Crippen molar-refractivity contribution in [3.8, 4) is 0 Å². The van der Waals surface area contributed by atoms with Gasteiger partial charge in [-0.2, -0.15) is 0 Å². The molecule has 2 aromatic rings. The highest BCUT2D eigenvalue weighted by Crippen LogP contribution is 2.38. The second kappa shape index (κ2) is 6.94. The lowest BCUT2D eigenvalue weighted by molar-refractivity contribution is -0.158. The van der Waals surface area contributed by atoms with Gasteiger partial charge in [0.25, 0.3) is 0 Å². The molecule has 0 bridgehead atoms. The monoisotopic (exact) mass is 351 g/mol. The van der Waals surface area contributed by atoms with Gasteiger partial charge in [-0.15, -0.1) is 0 Å². The van der Waals surface area contributed by atoms with Crippen molar-refractivity contribution >= 4 is 17.6 Å². The highest BCUT2D eigenvalue weighted by Gasteiger charge is 2.37. The summed E-state index contributed by atoms with van der Waals surface area (Å²) in [6, 6.07) is 15.8. The number of carbonyl (C=O) groups excluding carboxylic acids is 2. The molecule has 0 radical (unpaired) electrons. The predicted octanol–water partition coefficient (Wildman–Crippen LogP) is 4.36. The van der Waals surface area contributed by atoms with Crippen LogP contribution in [0.1, 0.15) is 49.8 Å². The van der Waals surface area contributed by atoms with E-state index in [-0.39, 0.29) is 18.3 Å². The van der Waals surface area contributed by atoms with Crippen LogP contribution in [0.4, 0.5) is 5.69 Å². The number of benzene rings is 2. The Morgan fingerprint density at radius 1 is 1.15 bits per heavy atom. The quantitative estimate of drug-likeness (QED) is 0.772. The van der Waals surface area contributed by atoms with E-state index in [4.69, 9.17) is 4.74 Å². The van der Waals surface area contributed by atoms with Crippen molar-refractivity contribution in [2.24, 2.45) is 0 Å². The molecule has 0 spiro atoms. The third kappa shape index (κ3) is 3.96. The summed E-state index contributed by atoms with van der Waals surface area (Å²) in [6.45, 7) is 8.01. The Balaban J connectivity index is 1.97. The maximum absolute atomic E-state index is 12.8. The van der Waals surface area contributed by atoms with E-state index in [1.165, 1.54) is 0 Å². The summed E-state index contributed by atoms with van der Waals surface area (Å²) in [7, 11) is 0. The first-order chi connectivity index (χ1) is 12.2. The molecule has 0 N–H and O–H groups in total. The Kier molecular flexibility index (Phi) is 4.86. The minimum Gasteiger partial charge on any atom is -0.459 e. The number of fused-ring (bicyclic) bond motifs is 1. The molecular weight excluding hydrogens is 326 g/mol. The summed E-state index contributed by atoms with van der Waals surface area (Å²) >= 11 is 0.